The molecular formula is C12H18N2OS. The average molecular weight is 238 g/mol. The molecule has 4 heteroatoms. The van der Waals surface area contributed by atoms with Gasteiger partial charge in [-0.25, -0.2) is 0 Å². The Labute approximate surface area is 100 Å². The summed E-state index contributed by atoms with van der Waals surface area (Å²) in [6.45, 7) is 3.99. The summed E-state index contributed by atoms with van der Waals surface area (Å²) in [5.41, 5.74) is 1.18. The van der Waals surface area contributed by atoms with Gasteiger partial charge >= 0.3 is 0 Å². The van der Waals surface area contributed by atoms with E-state index in [0.717, 1.165) is 30.2 Å². The van der Waals surface area contributed by atoms with Crippen LogP contribution in [0.4, 0.5) is 0 Å². The van der Waals surface area contributed by atoms with Crippen molar-refractivity contribution in [3.05, 3.63) is 21.9 Å². The molecule has 3 nitrogen and oxygen atoms in total. The minimum absolute atomic E-state index is 0.403. The van der Waals surface area contributed by atoms with Gasteiger partial charge in [0.2, 0.25) is 0 Å². The summed E-state index contributed by atoms with van der Waals surface area (Å²) in [7, 11) is 2.05. The van der Waals surface area contributed by atoms with Crippen LogP contribution in [0.1, 0.15) is 29.4 Å². The zero-order valence-corrected chi connectivity index (χ0v) is 10.6. The van der Waals surface area contributed by atoms with Crippen molar-refractivity contribution in [1.29, 1.82) is 0 Å². The monoisotopic (exact) mass is 238 g/mol. The Morgan fingerprint density at radius 3 is 3.06 bits per heavy atom. The van der Waals surface area contributed by atoms with Crippen molar-refractivity contribution in [3.8, 4) is 0 Å². The Kier molecular flexibility index (Phi) is 3.61. The van der Waals surface area contributed by atoms with E-state index >= 15 is 0 Å². The third kappa shape index (κ3) is 2.44. The molecule has 1 aliphatic heterocycles. The molecule has 0 aromatic carbocycles. The van der Waals surface area contributed by atoms with E-state index < -0.39 is 6.10 Å². The zero-order chi connectivity index (χ0) is 11.5. The number of amidine groups is 1. The van der Waals surface area contributed by atoms with Crippen molar-refractivity contribution >= 4 is 17.2 Å². The van der Waals surface area contributed by atoms with Crippen LogP contribution in [0.5, 0.6) is 0 Å². The fourth-order valence-electron chi connectivity index (χ4n) is 1.98. The van der Waals surface area contributed by atoms with Crippen LogP contribution in [-0.4, -0.2) is 36.0 Å². The Hall–Kier alpha value is -0.870. The molecule has 1 aromatic rings. The van der Waals surface area contributed by atoms with Crippen LogP contribution in [-0.2, 0) is 0 Å². The Morgan fingerprint density at radius 2 is 2.44 bits per heavy atom. The lowest BCUT2D eigenvalue weighted by atomic mass is 10.1. The van der Waals surface area contributed by atoms with Gasteiger partial charge in [-0.3, -0.25) is 4.99 Å². The molecule has 88 valence electrons. The molecule has 0 amide bonds. The number of hydrogen-bond donors (Lipinski definition) is 1. The van der Waals surface area contributed by atoms with Gasteiger partial charge in [-0.2, -0.15) is 0 Å². The second-order valence-electron chi connectivity index (χ2n) is 4.26. The van der Waals surface area contributed by atoms with Crippen LogP contribution in [0.3, 0.4) is 0 Å². The van der Waals surface area contributed by atoms with Gasteiger partial charge in [-0.1, -0.05) is 0 Å². The molecule has 1 N–H and O–H groups in total. The van der Waals surface area contributed by atoms with Crippen LogP contribution < -0.4 is 0 Å². The molecule has 1 unspecified atom stereocenters. The van der Waals surface area contributed by atoms with E-state index in [1.807, 2.05) is 19.4 Å². The smallest absolute Gasteiger partial charge is 0.102 e. The van der Waals surface area contributed by atoms with Crippen LogP contribution in [0.15, 0.2) is 16.4 Å². The van der Waals surface area contributed by atoms with E-state index in [2.05, 4.69) is 16.0 Å². The van der Waals surface area contributed by atoms with E-state index in [-0.39, 0.29) is 0 Å². The van der Waals surface area contributed by atoms with Gasteiger partial charge in [-0.05, 0) is 30.4 Å². The molecule has 0 saturated heterocycles. The molecule has 2 heterocycles. The van der Waals surface area contributed by atoms with Crippen molar-refractivity contribution in [2.75, 3.05) is 20.1 Å². The number of thiophene rings is 1. The molecule has 2 rings (SSSR count). The minimum Gasteiger partial charge on any atom is -0.387 e. The van der Waals surface area contributed by atoms with E-state index in [1.54, 1.807) is 11.3 Å². The molecular weight excluding hydrogens is 220 g/mol. The van der Waals surface area contributed by atoms with Crippen molar-refractivity contribution in [3.63, 3.8) is 0 Å². The molecule has 1 atom stereocenters. The summed E-state index contributed by atoms with van der Waals surface area (Å²) in [6.07, 6.45) is 1.35. The second kappa shape index (κ2) is 4.97. The Balaban J connectivity index is 2.05. The number of aliphatic hydroxyl groups is 1. The van der Waals surface area contributed by atoms with Gasteiger partial charge in [-0.15, -0.1) is 11.3 Å². The van der Waals surface area contributed by atoms with Crippen molar-refractivity contribution in [1.82, 2.24) is 4.90 Å². The minimum atomic E-state index is -0.403. The van der Waals surface area contributed by atoms with Crippen LogP contribution in [0.2, 0.25) is 0 Å². The van der Waals surface area contributed by atoms with Gasteiger partial charge in [0, 0.05) is 31.4 Å². The predicted molar refractivity (Wildman–Crippen MR) is 68.2 cm³/mol. The lowest BCUT2D eigenvalue weighted by Crippen LogP contribution is -2.33. The van der Waals surface area contributed by atoms with Crippen LogP contribution in [0, 0.1) is 6.92 Å². The molecule has 16 heavy (non-hydrogen) atoms. The highest BCUT2D eigenvalue weighted by Crippen LogP contribution is 2.27. The Morgan fingerprint density at radius 1 is 1.62 bits per heavy atom. The second-order valence-corrected chi connectivity index (χ2v) is 5.21. The standard InChI is InChI=1S/C12H18N2OS/c1-9-4-7-16-12(9)10(15)8-11-13-5-3-6-14(11)2/h4,7,10,15H,3,5-6,8H2,1-2H3. The molecule has 0 aliphatic carbocycles. The molecule has 0 fully saturated rings. The summed E-state index contributed by atoms with van der Waals surface area (Å²) in [6, 6.07) is 2.05. The third-order valence-corrected chi connectivity index (χ3v) is 4.09. The van der Waals surface area contributed by atoms with Crippen molar-refractivity contribution in [2.24, 2.45) is 4.99 Å². The quantitative estimate of drug-likeness (QED) is 0.876. The molecule has 0 radical (unpaired) electrons. The summed E-state index contributed by atoms with van der Waals surface area (Å²) >= 11 is 1.62. The van der Waals surface area contributed by atoms with E-state index in [1.165, 1.54) is 5.56 Å². The molecule has 1 aromatic heterocycles. The van der Waals surface area contributed by atoms with Gasteiger partial charge < -0.3 is 10.0 Å². The first-order valence-corrected chi connectivity index (χ1v) is 6.53. The number of aliphatic imine (C=N–C) groups is 1. The highest BCUT2D eigenvalue weighted by Gasteiger charge is 2.18. The third-order valence-electron chi connectivity index (χ3n) is 2.97. The SMILES string of the molecule is Cc1ccsc1C(O)CC1=NCCCN1C. The highest BCUT2D eigenvalue weighted by molar-refractivity contribution is 7.10. The maximum atomic E-state index is 10.2. The van der Waals surface area contributed by atoms with Gasteiger partial charge in [0.25, 0.3) is 0 Å². The number of aliphatic hydroxyl groups excluding tert-OH is 1. The van der Waals surface area contributed by atoms with Gasteiger partial charge in [0.1, 0.15) is 5.84 Å². The maximum absolute atomic E-state index is 10.2. The number of hydrogen-bond acceptors (Lipinski definition) is 4. The maximum Gasteiger partial charge on any atom is 0.102 e. The topological polar surface area (TPSA) is 35.8 Å². The zero-order valence-electron chi connectivity index (χ0n) is 9.81. The lowest BCUT2D eigenvalue weighted by molar-refractivity contribution is 0.184. The highest BCUT2D eigenvalue weighted by atomic mass is 32.1. The molecule has 0 bridgehead atoms. The fourth-order valence-corrected chi connectivity index (χ4v) is 2.89. The van der Waals surface area contributed by atoms with E-state index in [0.29, 0.717) is 6.42 Å². The van der Waals surface area contributed by atoms with Crippen LogP contribution in [0.25, 0.3) is 0 Å². The van der Waals surface area contributed by atoms with Crippen molar-refractivity contribution in [2.45, 2.75) is 25.9 Å². The van der Waals surface area contributed by atoms with Gasteiger partial charge in [0.15, 0.2) is 0 Å². The van der Waals surface area contributed by atoms with E-state index in [4.69, 9.17) is 0 Å². The first-order valence-electron chi connectivity index (χ1n) is 5.65. The first kappa shape index (κ1) is 11.6. The largest absolute Gasteiger partial charge is 0.387 e. The lowest BCUT2D eigenvalue weighted by Gasteiger charge is -2.26. The average Bonchev–Trinajstić information content (AvgIpc) is 2.68. The van der Waals surface area contributed by atoms with Gasteiger partial charge in [0.05, 0.1) is 6.10 Å². The summed E-state index contributed by atoms with van der Waals surface area (Å²) in [5.74, 6) is 1.03. The molecule has 0 spiro atoms. The fraction of sp³-hybridized carbons (Fsp3) is 0.583. The van der Waals surface area contributed by atoms with Crippen LogP contribution >= 0.6 is 11.3 Å². The Bertz CT molecular complexity index is 386. The first-order chi connectivity index (χ1) is 7.68. The number of nitrogens with zero attached hydrogens (tertiary/aromatic N) is 2. The summed E-state index contributed by atoms with van der Waals surface area (Å²) in [5, 5.41) is 12.2. The number of aryl methyl sites for hydroxylation is 1. The summed E-state index contributed by atoms with van der Waals surface area (Å²) in [4.78, 5) is 7.70. The molecule has 0 saturated carbocycles. The van der Waals surface area contributed by atoms with E-state index in [9.17, 15) is 5.11 Å². The normalized spacial score (nSPS) is 18.4. The van der Waals surface area contributed by atoms with Crippen molar-refractivity contribution < 1.29 is 5.11 Å². The molecule has 1 aliphatic rings. The predicted octanol–water partition coefficient (Wildman–Crippen LogP) is 2.21. The summed E-state index contributed by atoms with van der Waals surface area (Å²) < 4.78 is 0. The number of rotatable bonds is 3.